The van der Waals surface area contributed by atoms with Crippen LogP contribution in [0.15, 0.2) is 59.2 Å². The van der Waals surface area contributed by atoms with Crippen molar-refractivity contribution < 1.29 is 4.42 Å². The van der Waals surface area contributed by atoms with E-state index in [1.165, 1.54) is 5.56 Å². The summed E-state index contributed by atoms with van der Waals surface area (Å²) in [4.78, 5) is 6.68. The summed E-state index contributed by atoms with van der Waals surface area (Å²) in [6.07, 6.45) is 1.69. The van der Waals surface area contributed by atoms with E-state index in [1.807, 2.05) is 31.3 Å². The van der Waals surface area contributed by atoms with Gasteiger partial charge in [0.15, 0.2) is 0 Å². The predicted molar refractivity (Wildman–Crippen MR) is 90.2 cm³/mol. The highest BCUT2D eigenvalue weighted by Crippen LogP contribution is 2.27. The third-order valence-electron chi connectivity index (χ3n) is 3.50. The molecule has 3 aromatic rings. The highest BCUT2D eigenvalue weighted by molar-refractivity contribution is 6.33. The summed E-state index contributed by atoms with van der Waals surface area (Å²) in [5.41, 5.74) is 4.08. The van der Waals surface area contributed by atoms with Crippen LogP contribution in [-0.4, -0.2) is 12.0 Å². The van der Waals surface area contributed by atoms with Crippen LogP contribution in [0, 0.1) is 6.92 Å². The lowest BCUT2D eigenvalue weighted by atomic mass is 10.2. The van der Waals surface area contributed by atoms with Gasteiger partial charge in [-0.2, -0.15) is 0 Å². The van der Waals surface area contributed by atoms with Crippen LogP contribution in [-0.2, 0) is 6.54 Å². The van der Waals surface area contributed by atoms with Gasteiger partial charge in [-0.05, 0) is 36.8 Å². The zero-order valence-corrected chi connectivity index (χ0v) is 13.3. The molecular formula is C18H17ClN2O. The number of rotatable bonds is 4. The quantitative estimate of drug-likeness (QED) is 0.683. The zero-order chi connectivity index (χ0) is 15.5. The summed E-state index contributed by atoms with van der Waals surface area (Å²) in [5.74, 6) is 0.554. The maximum atomic E-state index is 6.18. The Labute approximate surface area is 135 Å². The fraction of sp³-hybridized carbons (Fsp3) is 0.167. The van der Waals surface area contributed by atoms with Crippen LogP contribution >= 0.6 is 11.6 Å². The highest BCUT2D eigenvalue weighted by atomic mass is 35.5. The van der Waals surface area contributed by atoms with Gasteiger partial charge in [0, 0.05) is 12.7 Å². The van der Waals surface area contributed by atoms with Crippen molar-refractivity contribution in [1.82, 2.24) is 4.98 Å². The van der Waals surface area contributed by atoms with Crippen LogP contribution in [0.4, 0.5) is 5.69 Å². The van der Waals surface area contributed by atoms with E-state index in [0.717, 1.165) is 16.9 Å². The molecule has 0 aliphatic rings. The lowest BCUT2D eigenvalue weighted by Crippen LogP contribution is -2.16. The molecule has 112 valence electrons. The minimum atomic E-state index is 0.554. The fourth-order valence-corrected chi connectivity index (χ4v) is 2.55. The van der Waals surface area contributed by atoms with Crippen molar-refractivity contribution in [2.45, 2.75) is 13.5 Å². The molecule has 1 heterocycles. The summed E-state index contributed by atoms with van der Waals surface area (Å²) in [5, 5.41) is 0.642. The lowest BCUT2D eigenvalue weighted by molar-refractivity contribution is 0.572. The second-order valence-corrected chi connectivity index (χ2v) is 5.73. The van der Waals surface area contributed by atoms with Crippen LogP contribution in [0.3, 0.4) is 0 Å². The Morgan fingerprint density at radius 1 is 1.14 bits per heavy atom. The number of hydrogen-bond acceptors (Lipinski definition) is 3. The predicted octanol–water partition coefficient (Wildman–Crippen LogP) is 4.94. The van der Waals surface area contributed by atoms with Gasteiger partial charge < -0.3 is 9.32 Å². The Morgan fingerprint density at radius 3 is 2.73 bits per heavy atom. The molecule has 4 heteroatoms. The Balaban J connectivity index is 1.79. The SMILES string of the molecule is Cc1cccc(N(C)Cc2coc(-c3ccccc3Cl)n2)c1. The van der Waals surface area contributed by atoms with E-state index in [9.17, 15) is 0 Å². The van der Waals surface area contributed by atoms with E-state index >= 15 is 0 Å². The zero-order valence-electron chi connectivity index (χ0n) is 12.6. The third kappa shape index (κ3) is 3.15. The van der Waals surface area contributed by atoms with Gasteiger partial charge in [0.05, 0.1) is 22.8 Å². The molecule has 0 unspecified atom stereocenters. The van der Waals surface area contributed by atoms with Crippen molar-refractivity contribution in [2.24, 2.45) is 0 Å². The summed E-state index contributed by atoms with van der Waals surface area (Å²) in [6, 6.07) is 15.9. The van der Waals surface area contributed by atoms with Gasteiger partial charge in [-0.15, -0.1) is 0 Å². The number of anilines is 1. The Bertz CT molecular complexity index is 782. The fourth-order valence-electron chi connectivity index (χ4n) is 2.34. The molecule has 0 N–H and O–H groups in total. The smallest absolute Gasteiger partial charge is 0.227 e. The number of halogens is 1. The molecule has 0 atom stereocenters. The number of hydrogen-bond donors (Lipinski definition) is 0. The van der Waals surface area contributed by atoms with Crippen molar-refractivity contribution in [3.05, 3.63) is 71.1 Å². The van der Waals surface area contributed by atoms with Crippen LogP contribution in [0.2, 0.25) is 5.02 Å². The van der Waals surface area contributed by atoms with E-state index in [0.29, 0.717) is 17.5 Å². The average Bonchev–Trinajstić information content (AvgIpc) is 2.96. The summed E-state index contributed by atoms with van der Waals surface area (Å²) in [7, 11) is 2.04. The Kier molecular flexibility index (Phi) is 4.16. The number of nitrogens with zero attached hydrogens (tertiary/aromatic N) is 2. The molecule has 0 saturated carbocycles. The first-order chi connectivity index (χ1) is 10.6. The van der Waals surface area contributed by atoms with Crippen LogP contribution < -0.4 is 4.90 Å². The molecule has 0 fully saturated rings. The standard InChI is InChI=1S/C18H17ClN2O/c1-13-6-5-7-15(10-13)21(2)11-14-12-22-18(20-14)16-8-3-4-9-17(16)19/h3-10,12H,11H2,1-2H3. The lowest BCUT2D eigenvalue weighted by Gasteiger charge is -2.18. The maximum Gasteiger partial charge on any atom is 0.227 e. The minimum Gasteiger partial charge on any atom is -0.444 e. The number of benzene rings is 2. The molecule has 0 radical (unpaired) electrons. The van der Waals surface area contributed by atoms with Gasteiger partial charge in [0.1, 0.15) is 6.26 Å². The first-order valence-electron chi connectivity index (χ1n) is 7.10. The molecule has 0 amide bonds. The molecular weight excluding hydrogens is 296 g/mol. The summed E-state index contributed by atoms with van der Waals surface area (Å²) < 4.78 is 5.57. The Hall–Kier alpha value is -2.26. The van der Waals surface area contributed by atoms with Crippen LogP contribution in [0.1, 0.15) is 11.3 Å². The monoisotopic (exact) mass is 312 g/mol. The first-order valence-corrected chi connectivity index (χ1v) is 7.48. The average molecular weight is 313 g/mol. The number of oxazole rings is 1. The highest BCUT2D eigenvalue weighted by Gasteiger charge is 2.11. The van der Waals surface area contributed by atoms with Crippen LogP contribution in [0.5, 0.6) is 0 Å². The third-order valence-corrected chi connectivity index (χ3v) is 3.83. The molecule has 0 bridgehead atoms. The van der Waals surface area contributed by atoms with Gasteiger partial charge in [-0.1, -0.05) is 35.9 Å². The minimum absolute atomic E-state index is 0.554. The number of aryl methyl sites for hydroxylation is 1. The first kappa shape index (κ1) is 14.7. The van der Waals surface area contributed by atoms with Crippen molar-refractivity contribution in [3.63, 3.8) is 0 Å². The Morgan fingerprint density at radius 2 is 1.95 bits per heavy atom. The van der Waals surface area contributed by atoms with E-state index < -0.39 is 0 Å². The van der Waals surface area contributed by atoms with Gasteiger partial charge in [0.2, 0.25) is 5.89 Å². The summed E-state index contributed by atoms with van der Waals surface area (Å²) >= 11 is 6.18. The topological polar surface area (TPSA) is 29.3 Å². The molecule has 0 aliphatic heterocycles. The van der Waals surface area contributed by atoms with Crippen molar-refractivity contribution >= 4 is 17.3 Å². The molecule has 0 aliphatic carbocycles. The van der Waals surface area contributed by atoms with Gasteiger partial charge in [0.25, 0.3) is 0 Å². The van der Waals surface area contributed by atoms with E-state index in [2.05, 4.69) is 41.1 Å². The van der Waals surface area contributed by atoms with Gasteiger partial charge >= 0.3 is 0 Å². The molecule has 22 heavy (non-hydrogen) atoms. The molecule has 0 spiro atoms. The largest absolute Gasteiger partial charge is 0.444 e. The summed E-state index contributed by atoms with van der Waals surface area (Å²) in [6.45, 7) is 2.76. The van der Waals surface area contributed by atoms with E-state index in [1.54, 1.807) is 6.26 Å². The molecule has 3 rings (SSSR count). The van der Waals surface area contributed by atoms with Gasteiger partial charge in [-0.25, -0.2) is 4.98 Å². The molecule has 3 nitrogen and oxygen atoms in total. The van der Waals surface area contributed by atoms with Crippen molar-refractivity contribution in [3.8, 4) is 11.5 Å². The maximum absolute atomic E-state index is 6.18. The molecule has 1 aromatic heterocycles. The van der Waals surface area contributed by atoms with Crippen LogP contribution in [0.25, 0.3) is 11.5 Å². The second-order valence-electron chi connectivity index (χ2n) is 5.32. The second kappa shape index (κ2) is 6.24. The van der Waals surface area contributed by atoms with E-state index in [4.69, 9.17) is 16.0 Å². The van der Waals surface area contributed by atoms with E-state index in [-0.39, 0.29) is 0 Å². The number of aromatic nitrogens is 1. The van der Waals surface area contributed by atoms with Gasteiger partial charge in [-0.3, -0.25) is 0 Å². The normalized spacial score (nSPS) is 10.7. The van der Waals surface area contributed by atoms with Crippen molar-refractivity contribution in [2.75, 3.05) is 11.9 Å². The molecule has 2 aromatic carbocycles. The van der Waals surface area contributed by atoms with Crippen molar-refractivity contribution in [1.29, 1.82) is 0 Å². The molecule has 0 saturated heterocycles.